The highest BCUT2D eigenvalue weighted by Crippen LogP contribution is 2.40. The third-order valence-electron chi connectivity index (χ3n) is 4.50. The number of carbonyl (C=O) groups is 2. The fraction of sp³-hybridized carbons (Fsp3) is 0.706. The number of allylic oxidation sites excluding steroid dienone is 1. The third-order valence-corrected chi connectivity index (χ3v) is 4.50. The van der Waals surface area contributed by atoms with Gasteiger partial charge in [0.15, 0.2) is 18.3 Å². The number of nitrogens with zero attached hydrogens (tertiary/aromatic N) is 1. The van der Waals surface area contributed by atoms with E-state index >= 15 is 0 Å². The van der Waals surface area contributed by atoms with E-state index in [2.05, 4.69) is 33.1 Å². The van der Waals surface area contributed by atoms with Crippen molar-refractivity contribution < 1.29 is 20.1 Å². The quantitative estimate of drug-likeness (QED) is 0.784. The zero-order valence-corrected chi connectivity index (χ0v) is 13.9. The van der Waals surface area contributed by atoms with Gasteiger partial charge >= 0.3 is 5.97 Å². The van der Waals surface area contributed by atoms with E-state index in [9.17, 15) is 9.59 Å². The van der Waals surface area contributed by atoms with Crippen molar-refractivity contribution in [1.29, 1.82) is 5.26 Å². The molecule has 1 aliphatic carbocycles. The molecule has 0 aromatic rings. The van der Waals surface area contributed by atoms with Gasteiger partial charge < -0.3 is 10.5 Å². The van der Waals surface area contributed by atoms with E-state index in [0.717, 1.165) is 25.7 Å². The Balaban J connectivity index is 2.43. The molecule has 1 atom stereocenters. The van der Waals surface area contributed by atoms with Gasteiger partial charge in [0.05, 0.1) is 12.0 Å². The molecular formula is C17H27N2O3+. The predicted molar refractivity (Wildman–Crippen MR) is 82.0 cm³/mol. The number of ketones is 1. The minimum Gasteiger partial charge on any atom is -0.457 e. The Morgan fingerprint density at radius 3 is 2.27 bits per heavy atom. The van der Waals surface area contributed by atoms with E-state index in [4.69, 9.17) is 10.00 Å². The first kappa shape index (κ1) is 18.4. The highest BCUT2D eigenvalue weighted by molar-refractivity contribution is 5.88. The summed E-state index contributed by atoms with van der Waals surface area (Å²) in [5.41, 5.74) is 3.99. The number of ether oxygens (including phenoxy) is 1. The lowest BCUT2D eigenvalue weighted by atomic mass is 9.70. The zero-order valence-electron chi connectivity index (χ0n) is 13.9. The van der Waals surface area contributed by atoms with Crippen LogP contribution in [-0.4, -0.2) is 18.4 Å². The van der Waals surface area contributed by atoms with Gasteiger partial charge in [-0.2, -0.15) is 5.26 Å². The minimum atomic E-state index is -0.996. The summed E-state index contributed by atoms with van der Waals surface area (Å²) in [5.74, 6) is -1.29. The lowest BCUT2D eigenvalue weighted by Crippen LogP contribution is -2.51. The molecule has 1 aliphatic rings. The summed E-state index contributed by atoms with van der Waals surface area (Å²) < 4.78 is 5.09. The molecule has 1 rings (SSSR count). The van der Waals surface area contributed by atoms with Gasteiger partial charge in [0, 0.05) is 0 Å². The summed E-state index contributed by atoms with van der Waals surface area (Å²) in [6.07, 6.45) is 3.62. The number of hydrogen-bond acceptors (Lipinski definition) is 4. The first-order chi connectivity index (χ1) is 10.2. The second-order valence-electron chi connectivity index (χ2n) is 7.21. The molecule has 0 saturated heterocycles. The van der Waals surface area contributed by atoms with Crippen LogP contribution >= 0.6 is 0 Å². The van der Waals surface area contributed by atoms with Crippen molar-refractivity contribution in [2.45, 2.75) is 46.5 Å². The maximum atomic E-state index is 12.0. The molecule has 1 fully saturated rings. The Kier molecular flexibility index (Phi) is 6.31. The smallest absolute Gasteiger partial charge is 0.309 e. The van der Waals surface area contributed by atoms with Crippen LogP contribution in [0.3, 0.4) is 0 Å². The van der Waals surface area contributed by atoms with Crippen molar-refractivity contribution in [2.75, 3.05) is 6.61 Å². The number of carbonyl (C=O) groups excluding carboxylic acids is 2. The zero-order chi connectivity index (χ0) is 16.9. The molecule has 0 spiro atoms. The van der Waals surface area contributed by atoms with Crippen molar-refractivity contribution in [3.05, 3.63) is 12.3 Å². The van der Waals surface area contributed by atoms with Gasteiger partial charge in [-0.3, -0.25) is 9.59 Å². The standard InChI is InChI=1S/C17H26N2O3/c1-11(19)14(9-18)15(20)10-22-16(21)12-5-7-13(8-6-12)17(2,3)4/h12-14H,1,5-8,10,19H2,2-4H3/p+1/t12?,13?,14-/m0/s1. The molecule has 0 aromatic carbocycles. The Morgan fingerprint density at radius 2 is 1.86 bits per heavy atom. The van der Waals surface area contributed by atoms with Crippen LogP contribution < -0.4 is 5.73 Å². The molecule has 22 heavy (non-hydrogen) atoms. The van der Waals surface area contributed by atoms with Crippen LogP contribution in [0.25, 0.3) is 0 Å². The highest BCUT2D eigenvalue weighted by Gasteiger charge is 2.33. The maximum Gasteiger partial charge on any atom is 0.309 e. The van der Waals surface area contributed by atoms with Gasteiger partial charge in [-0.15, -0.1) is 0 Å². The highest BCUT2D eigenvalue weighted by atomic mass is 16.5. The van der Waals surface area contributed by atoms with Crippen LogP contribution in [0.1, 0.15) is 46.5 Å². The van der Waals surface area contributed by atoms with Crippen LogP contribution in [0.15, 0.2) is 12.3 Å². The first-order valence-corrected chi connectivity index (χ1v) is 7.76. The summed E-state index contributed by atoms with van der Waals surface area (Å²) in [6.45, 7) is 9.81. The number of hydrogen-bond donors (Lipinski definition) is 1. The monoisotopic (exact) mass is 307 g/mol. The van der Waals surface area contributed by atoms with Crippen LogP contribution in [0, 0.1) is 34.5 Å². The van der Waals surface area contributed by atoms with E-state index < -0.39 is 11.7 Å². The maximum absolute atomic E-state index is 12.0. The summed E-state index contributed by atoms with van der Waals surface area (Å²) in [4.78, 5) is 23.8. The Hall–Kier alpha value is -1.67. The van der Waals surface area contributed by atoms with Crippen LogP contribution in [0.4, 0.5) is 0 Å². The average Bonchev–Trinajstić information content (AvgIpc) is 2.44. The molecule has 0 bridgehead atoms. The topological polar surface area (TPSA) is 94.8 Å². The molecule has 122 valence electrons. The molecule has 0 heterocycles. The molecule has 5 nitrogen and oxygen atoms in total. The van der Waals surface area contributed by atoms with Crippen molar-refractivity contribution >= 4 is 11.8 Å². The van der Waals surface area contributed by atoms with Crippen molar-refractivity contribution in [2.24, 2.45) is 23.2 Å². The minimum absolute atomic E-state index is 0.130. The molecular weight excluding hydrogens is 280 g/mol. The van der Waals surface area contributed by atoms with Crippen LogP contribution in [0.2, 0.25) is 0 Å². The van der Waals surface area contributed by atoms with Gasteiger partial charge in [0.1, 0.15) is 5.70 Å². The van der Waals surface area contributed by atoms with E-state index in [1.165, 1.54) is 0 Å². The Labute approximate surface area is 132 Å². The van der Waals surface area contributed by atoms with Gasteiger partial charge in [-0.25, -0.2) is 0 Å². The number of Topliss-reactive ketones (excluding diaryl/α,β-unsaturated/α-hetero) is 1. The Bertz CT molecular complexity index is 477. The summed E-state index contributed by atoms with van der Waals surface area (Å²) in [5, 5.41) is 8.87. The number of esters is 1. The second kappa shape index (κ2) is 7.55. The van der Waals surface area contributed by atoms with E-state index in [1.54, 1.807) is 0 Å². The SMILES string of the molecule is C=C([NH3+])[C@H](C#N)C(=O)COC(=O)C1CCC(C(C)(C)C)CC1. The molecule has 0 radical (unpaired) electrons. The molecule has 3 N–H and O–H groups in total. The molecule has 0 aliphatic heterocycles. The molecule has 1 saturated carbocycles. The number of quaternary nitrogens is 1. The van der Waals surface area contributed by atoms with Crippen molar-refractivity contribution in [1.82, 2.24) is 0 Å². The van der Waals surface area contributed by atoms with E-state index in [1.807, 2.05) is 6.07 Å². The second-order valence-corrected chi connectivity index (χ2v) is 7.21. The first-order valence-electron chi connectivity index (χ1n) is 7.76. The predicted octanol–water partition coefficient (Wildman–Crippen LogP) is 1.85. The lowest BCUT2D eigenvalue weighted by Gasteiger charge is -2.36. The molecule has 0 amide bonds. The fourth-order valence-electron chi connectivity index (χ4n) is 2.93. The average molecular weight is 307 g/mol. The number of nitriles is 1. The largest absolute Gasteiger partial charge is 0.457 e. The van der Waals surface area contributed by atoms with Gasteiger partial charge in [0.25, 0.3) is 0 Å². The summed E-state index contributed by atoms with van der Waals surface area (Å²) in [7, 11) is 0. The molecule has 5 heteroatoms. The normalized spacial score (nSPS) is 23.2. The summed E-state index contributed by atoms with van der Waals surface area (Å²) >= 11 is 0. The third kappa shape index (κ3) is 4.96. The van der Waals surface area contributed by atoms with Gasteiger partial charge in [-0.1, -0.05) is 20.8 Å². The van der Waals surface area contributed by atoms with Crippen molar-refractivity contribution in [3.8, 4) is 6.07 Å². The fourth-order valence-corrected chi connectivity index (χ4v) is 2.93. The number of rotatable bonds is 5. The van der Waals surface area contributed by atoms with Gasteiger partial charge in [0.2, 0.25) is 0 Å². The molecule has 0 unspecified atom stereocenters. The van der Waals surface area contributed by atoms with Crippen LogP contribution in [-0.2, 0) is 14.3 Å². The molecule has 0 aromatic heterocycles. The van der Waals surface area contributed by atoms with Gasteiger partial charge in [-0.05, 0) is 43.6 Å². The lowest BCUT2D eigenvalue weighted by molar-refractivity contribution is -0.309. The summed E-state index contributed by atoms with van der Waals surface area (Å²) in [6, 6.07) is 1.82. The van der Waals surface area contributed by atoms with E-state index in [0.29, 0.717) is 5.92 Å². The van der Waals surface area contributed by atoms with Crippen molar-refractivity contribution in [3.63, 3.8) is 0 Å². The van der Waals surface area contributed by atoms with Crippen LogP contribution in [0.5, 0.6) is 0 Å². The van der Waals surface area contributed by atoms with E-state index in [-0.39, 0.29) is 29.6 Å². The Morgan fingerprint density at radius 1 is 1.32 bits per heavy atom.